The highest BCUT2D eigenvalue weighted by Gasteiger charge is 2.51. The zero-order valence-electron chi connectivity index (χ0n) is 20.5. The second kappa shape index (κ2) is 11.3. The predicted octanol–water partition coefficient (Wildman–Crippen LogP) is 1.68. The monoisotopic (exact) mass is 529 g/mol. The third-order valence-corrected chi connectivity index (χ3v) is 7.57. The molecule has 4 rings (SSSR count). The summed E-state index contributed by atoms with van der Waals surface area (Å²) in [5.41, 5.74) is 7.83. The highest BCUT2D eigenvalue weighted by Crippen LogP contribution is 2.39. The van der Waals surface area contributed by atoms with Crippen LogP contribution in [0.25, 0.3) is 5.57 Å². The Morgan fingerprint density at radius 3 is 2.89 bits per heavy atom. The molecule has 3 heterocycles. The smallest absolute Gasteiger partial charge is 0.414 e. The molecule has 0 radical (unpaired) electrons. The van der Waals surface area contributed by atoms with Gasteiger partial charge in [-0.2, -0.15) is 0 Å². The fourth-order valence-electron chi connectivity index (χ4n) is 4.32. The van der Waals surface area contributed by atoms with Crippen LogP contribution in [0.15, 0.2) is 53.2 Å². The number of cyclic esters (lactones) is 1. The van der Waals surface area contributed by atoms with Gasteiger partial charge in [0.1, 0.15) is 29.0 Å². The number of nitrogens with zero attached hydrogens (tertiary/aromatic N) is 3. The molecule has 0 aliphatic carbocycles. The minimum absolute atomic E-state index is 0.149. The van der Waals surface area contributed by atoms with Gasteiger partial charge in [-0.05, 0) is 42.5 Å². The van der Waals surface area contributed by atoms with Gasteiger partial charge in [-0.3, -0.25) is 19.6 Å². The molecule has 0 aromatic heterocycles. The van der Waals surface area contributed by atoms with E-state index in [1.165, 1.54) is 47.0 Å². The van der Waals surface area contributed by atoms with Gasteiger partial charge < -0.3 is 20.5 Å². The second-order valence-corrected chi connectivity index (χ2v) is 9.64. The van der Waals surface area contributed by atoms with Gasteiger partial charge in [-0.1, -0.05) is 12.7 Å². The third-order valence-electron chi connectivity index (χ3n) is 6.21. The van der Waals surface area contributed by atoms with Crippen molar-refractivity contribution in [1.82, 2.24) is 10.2 Å². The molecule has 0 spiro atoms. The van der Waals surface area contributed by atoms with Gasteiger partial charge in [0, 0.05) is 24.1 Å². The fraction of sp³-hybridized carbons (Fsp3) is 0.360. The SMILES string of the molecule is C=C/C(=C\C=NCC1=C(C(=O)OC)N2C(=O)C(N)C2SC1)c1ccc(N2CC(CNC)OC2=O)cc1F. The van der Waals surface area contributed by atoms with Crippen molar-refractivity contribution in [3.63, 3.8) is 0 Å². The lowest BCUT2D eigenvalue weighted by Crippen LogP contribution is -2.68. The maximum atomic E-state index is 15.0. The number of nitrogens with one attached hydrogen (secondary N) is 1. The number of fused-ring (bicyclic) bond motifs is 1. The molecule has 3 atom stereocenters. The van der Waals surface area contributed by atoms with Crippen molar-refractivity contribution in [3.8, 4) is 0 Å². The Kier molecular flexibility index (Phi) is 8.10. The van der Waals surface area contributed by atoms with E-state index in [2.05, 4.69) is 16.9 Å². The molecule has 2 fully saturated rings. The first-order valence-corrected chi connectivity index (χ1v) is 12.6. The maximum Gasteiger partial charge on any atom is 0.414 e. The Bertz CT molecular complexity index is 1220. The van der Waals surface area contributed by atoms with E-state index >= 15 is 4.39 Å². The van der Waals surface area contributed by atoms with Crippen LogP contribution >= 0.6 is 11.8 Å². The number of likely N-dealkylation sites (N-methyl/N-ethyl adjacent to an activating group) is 1. The number of allylic oxidation sites excluding steroid dienone is 3. The Labute approximate surface area is 218 Å². The van der Waals surface area contributed by atoms with E-state index < -0.39 is 23.9 Å². The lowest BCUT2D eigenvalue weighted by Gasteiger charge is -2.48. The summed E-state index contributed by atoms with van der Waals surface area (Å²) >= 11 is 1.47. The first-order chi connectivity index (χ1) is 17.8. The van der Waals surface area contributed by atoms with Gasteiger partial charge in [0.05, 0.1) is 25.9 Å². The molecule has 196 valence electrons. The van der Waals surface area contributed by atoms with Crippen LogP contribution in [0, 0.1) is 5.82 Å². The van der Waals surface area contributed by atoms with Crippen molar-refractivity contribution in [1.29, 1.82) is 0 Å². The molecule has 0 saturated carbocycles. The van der Waals surface area contributed by atoms with Gasteiger partial charge in [0.25, 0.3) is 0 Å². The summed E-state index contributed by atoms with van der Waals surface area (Å²) < 4.78 is 25.2. The fourth-order valence-corrected chi connectivity index (χ4v) is 5.60. The molecule has 0 bridgehead atoms. The van der Waals surface area contributed by atoms with E-state index in [9.17, 15) is 14.4 Å². The number of esters is 1. The number of aliphatic imine (C=N–C) groups is 1. The van der Waals surface area contributed by atoms with Gasteiger partial charge in [-0.15, -0.1) is 11.8 Å². The number of hydrogen-bond acceptors (Lipinski definition) is 9. The Hall–Kier alpha value is -3.48. The Balaban J connectivity index is 1.49. The number of hydrogen-bond donors (Lipinski definition) is 2. The van der Waals surface area contributed by atoms with Crippen LogP contribution in [-0.2, 0) is 19.1 Å². The number of methoxy groups -OCH3 is 1. The summed E-state index contributed by atoms with van der Waals surface area (Å²) in [5.74, 6) is -0.988. The van der Waals surface area contributed by atoms with Crippen LogP contribution in [0.1, 0.15) is 5.56 Å². The molecule has 3 unspecified atom stereocenters. The molecule has 10 nitrogen and oxygen atoms in total. The summed E-state index contributed by atoms with van der Waals surface area (Å²) in [5, 5.41) is 2.67. The van der Waals surface area contributed by atoms with Crippen LogP contribution in [0.5, 0.6) is 0 Å². The number of carbonyl (C=O) groups excluding carboxylic acids is 3. The molecule has 1 aromatic carbocycles. The topological polar surface area (TPSA) is 127 Å². The molecule has 2 amide bonds. The number of β-lactam (4-membered cyclic amide) rings is 1. The minimum Gasteiger partial charge on any atom is -0.464 e. The number of ether oxygens (including phenoxy) is 2. The molecule has 37 heavy (non-hydrogen) atoms. The maximum absolute atomic E-state index is 15.0. The molecule has 3 N–H and O–H groups in total. The number of anilines is 1. The number of halogens is 1. The largest absolute Gasteiger partial charge is 0.464 e. The lowest BCUT2D eigenvalue weighted by atomic mass is 10.0. The normalized spacial score (nSPS) is 23.8. The molecule has 3 aliphatic heterocycles. The summed E-state index contributed by atoms with van der Waals surface area (Å²) in [6.07, 6.45) is 3.76. The van der Waals surface area contributed by atoms with Gasteiger partial charge in [0.15, 0.2) is 0 Å². The molecule has 2 saturated heterocycles. The van der Waals surface area contributed by atoms with E-state index in [1.54, 1.807) is 25.3 Å². The van der Waals surface area contributed by atoms with Crippen LogP contribution < -0.4 is 16.0 Å². The van der Waals surface area contributed by atoms with E-state index in [0.29, 0.717) is 35.7 Å². The summed E-state index contributed by atoms with van der Waals surface area (Å²) in [4.78, 5) is 43.8. The highest BCUT2D eigenvalue weighted by atomic mass is 32.2. The minimum atomic E-state index is -0.639. The first-order valence-electron chi connectivity index (χ1n) is 11.6. The van der Waals surface area contributed by atoms with Crippen molar-refractivity contribution >= 4 is 47.2 Å². The van der Waals surface area contributed by atoms with Gasteiger partial charge in [-0.25, -0.2) is 14.0 Å². The van der Waals surface area contributed by atoms with Crippen LogP contribution in [-0.4, -0.2) is 86.1 Å². The standard InChI is InChI=1S/C25H28FN5O5S/c1-4-14(18-6-5-16(9-19(18)26)30-12-17(11-28-2)36-25(30)34)7-8-29-10-15-13-37-23-20(27)22(32)31(23)21(15)24(33)35-3/h4-9,17,20,23,28H,1,10-13,27H2,2-3H3/b14-7+,29-8?. The van der Waals surface area contributed by atoms with Crippen molar-refractivity contribution in [2.75, 3.05) is 44.4 Å². The quantitative estimate of drug-likeness (QED) is 0.214. The van der Waals surface area contributed by atoms with Crippen LogP contribution in [0.4, 0.5) is 14.9 Å². The predicted molar refractivity (Wildman–Crippen MR) is 140 cm³/mol. The Morgan fingerprint density at radius 1 is 1.43 bits per heavy atom. The van der Waals surface area contributed by atoms with Crippen molar-refractivity contribution in [2.24, 2.45) is 10.7 Å². The average Bonchev–Trinajstić information content (AvgIpc) is 3.27. The highest BCUT2D eigenvalue weighted by molar-refractivity contribution is 8.00. The number of thioether (sulfide) groups is 1. The van der Waals surface area contributed by atoms with E-state index in [-0.39, 0.29) is 35.2 Å². The van der Waals surface area contributed by atoms with Crippen molar-refractivity contribution in [2.45, 2.75) is 17.5 Å². The van der Waals surface area contributed by atoms with E-state index in [1.807, 2.05) is 0 Å². The lowest BCUT2D eigenvalue weighted by molar-refractivity contribution is -0.149. The van der Waals surface area contributed by atoms with Gasteiger partial charge in [0.2, 0.25) is 5.91 Å². The molecular weight excluding hydrogens is 501 g/mol. The zero-order valence-corrected chi connectivity index (χ0v) is 21.3. The second-order valence-electron chi connectivity index (χ2n) is 8.53. The Morgan fingerprint density at radius 2 is 2.22 bits per heavy atom. The molecule has 1 aromatic rings. The molecule has 3 aliphatic rings. The van der Waals surface area contributed by atoms with Crippen molar-refractivity contribution < 1.29 is 28.2 Å². The summed E-state index contributed by atoms with van der Waals surface area (Å²) in [7, 11) is 3.02. The average molecular weight is 530 g/mol. The van der Waals surface area contributed by atoms with Crippen LogP contribution in [0.3, 0.4) is 0 Å². The number of nitrogens with two attached hydrogens (primary N) is 1. The number of carbonyl (C=O) groups is 3. The first kappa shape index (κ1) is 26.6. The molecular formula is C25H28FN5O5S. The third kappa shape index (κ3) is 5.17. The number of amides is 2. The molecule has 12 heteroatoms. The zero-order chi connectivity index (χ0) is 26.7. The van der Waals surface area contributed by atoms with Gasteiger partial charge >= 0.3 is 12.1 Å². The van der Waals surface area contributed by atoms with Crippen molar-refractivity contribution in [3.05, 3.63) is 59.6 Å². The summed E-state index contributed by atoms with van der Waals surface area (Å²) in [6, 6.07) is 3.86. The van der Waals surface area contributed by atoms with Crippen LogP contribution in [0.2, 0.25) is 0 Å². The number of rotatable bonds is 9. The van der Waals surface area contributed by atoms with E-state index in [0.717, 1.165) is 0 Å². The summed E-state index contributed by atoms with van der Waals surface area (Å²) in [6.45, 7) is 4.74. The van der Waals surface area contributed by atoms with E-state index in [4.69, 9.17) is 15.2 Å². The number of benzene rings is 1.